The number of hydrogen-bond acceptors (Lipinski definition) is 4. The lowest BCUT2D eigenvalue weighted by Gasteiger charge is -2.10. The van der Waals surface area contributed by atoms with Crippen molar-refractivity contribution >= 4 is 17.9 Å². The number of carbonyl (C=O) groups is 2. The largest absolute Gasteiger partial charge is 0.423 e. The number of hydrogen-bond donors (Lipinski definition) is 1. The maximum absolute atomic E-state index is 12.6. The van der Waals surface area contributed by atoms with Gasteiger partial charge in [0.15, 0.2) is 0 Å². The zero-order chi connectivity index (χ0) is 14.1. The Kier molecular flexibility index (Phi) is 3.35. The molecule has 9 heteroatoms. The molecule has 1 amide bonds. The number of halogens is 3. The lowest BCUT2D eigenvalue weighted by molar-refractivity contribution is -0.388. The third-order valence-electron chi connectivity index (χ3n) is 2.02. The second-order valence-corrected chi connectivity index (χ2v) is 3.20. The van der Waals surface area contributed by atoms with E-state index in [1.165, 1.54) is 0 Å². The van der Waals surface area contributed by atoms with Crippen LogP contribution in [0, 0.1) is 10.1 Å². The minimum atomic E-state index is -5.08. The van der Waals surface area contributed by atoms with Gasteiger partial charge in [0.05, 0.1) is 4.92 Å². The fraction of sp³-hybridized carbons (Fsp3) is 0.111. The highest BCUT2D eigenvalue weighted by molar-refractivity contribution is 5.99. The van der Waals surface area contributed by atoms with Crippen LogP contribution in [-0.4, -0.2) is 17.1 Å². The number of nitro benzene ring substituents is 1. The summed E-state index contributed by atoms with van der Waals surface area (Å²) in [5.74, 6) is -1.42. The molecule has 0 radical (unpaired) electrons. The van der Waals surface area contributed by atoms with Gasteiger partial charge in [0, 0.05) is 5.56 Å². The van der Waals surface area contributed by atoms with E-state index >= 15 is 0 Å². The second-order valence-electron chi connectivity index (χ2n) is 3.20. The molecule has 0 unspecified atom stereocenters. The summed E-state index contributed by atoms with van der Waals surface area (Å²) in [7, 11) is 0. The first-order valence-electron chi connectivity index (χ1n) is 4.33. The van der Waals surface area contributed by atoms with Crippen LogP contribution in [0.5, 0.6) is 0 Å². The number of primary amides is 1. The second kappa shape index (κ2) is 4.43. The van der Waals surface area contributed by atoms with E-state index in [-0.39, 0.29) is 12.4 Å². The maximum atomic E-state index is 12.6. The van der Waals surface area contributed by atoms with Gasteiger partial charge >= 0.3 is 6.18 Å². The number of benzene rings is 1. The van der Waals surface area contributed by atoms with Crippen LogP contribution in [0.15, 0.2) is 12.1 Å². The first-order valence-corrected chi connectivity index (χ1v) is 4.33. The smallest absolute Gasteiger partial charge is 0.365 e. The van der Waals surface area contributed by atoms with Crippen LogP contribution in [0.25, 0.3) is 0 Å². The number of nitrogens with zero attached hydrogens (tertiary/aromatic N) is 1. The standard InChI is InChI=1S/C9H5F3N2O4/c10-9(11,12)6-2-4(3-15)1-5(8(13)16)7(6)14(17)18/h1-3H,(H2,13,16). The number of carbonyl (C=O) groups excluding carboxylic acids is 2. The molecule has 0 fully saturated rings. The van der Waals surface area contributed by atoms with Crippen LogP contribution >= 0.6 is 0 Å². The minimum Gasteiger partial charge on any atom is -0.365 e. The number of rotatable bonds is 3. The molecule has 0 aliphatic heterocycles. The van der Waals surface area contributed by atoms with Crippen molar-refractivity contribution in [2.24, 2.45) is 5.73 Å². The van der Waals surface area contributed by atoms with E-state index in [0.717, 1.165) is 0 Å². The van der Waals surface area contributed by atoms with Crippen LogP contribution < -0.4 is 5.73 Å². The monoisotopic (exact) mass is 262 g/mol. The third kappa shape index (κ3) is 2.44. The Balaban J connectivity index is 3.77. The molecule has 96 valence electrons. The van der Waals surface area contributed by atoms with E-state index in [0.29, 0.717) is 6.07 Å². The summed E-state index contributed by atoms with van der Waals surface area (Å²) in [6.45, 7) is 0. The van der Waals surface area contributed by atoms with E-state index in [4.69, 9.17) is 5.73 Å². The normalized spacial score (nSPS) is 11.1. The van der Waals surface area contributed by atoms with Crippen LogP contribution in [0.4, 0.5) is 18.9 Å². The van der Waals surface area contributed by atoms with Crippen LogP contribution in [-0.2, 0) is 6.18 Å². The average Bonchev–Trinajstić information content (AvgIpc) is 2.25. The van der Waals surface area contributed by atoms with E-state index in [1.807, 2.05) is 0 Å². The van der Waals surface area contributed by atoms with Gasteiger partial charge in [-0.1, -0.05) is 0 Å². The zero-order valence-electron chi connectivity index (χ0n) is 8.52. The molecule has 1 aromatic rings. The number of nitro groups is 1. The molecule has 0 atom stereocenters. The molecular formula is C9H5F3N2O4. The fourth-order valence-electron chi connectivity index (χ4n) is 1.33. The van der Waals surface area contributed by atoms with Crippen molar-refractivity contribution in [3.8, 4) is 0 Å². The topological polar surface area (TPSA) is 103 Å². The molecule has 0 aliphatic carbocycles. The number of amides is 1. The molecule has 1 aromatic carbocycles. The molecule has 0 bridgehead atoms. The van der Waals surface area contributed by atoms with Gasteiger partial charge in [-0.25, -0.2) is 0 Å². The van der Waals surface area contributed by atoms with Crippen molar-refractivity contribution in [1.29, 1.82) is 0 Å². The van der Waals surface area contributed by atoms with Gasteiger partial charge in [-0.2, -0.15) is 13.2 Å². The SMILES string of the molecule is NC(=O)c1cc(C=O)cc(C(F)(F)F)c1[N+](=O)[O-]. The first-order chi connectivity index (χ1) is 8.18. The van der Waals surface area contributed by atoms with Crippen molar-refractivity contribution in [1.82, 2.24) is 0 Å². The lowest BCUT2D eigenvalue weighted by Crippen LogP contribution is -2.18. The molecule has 6 nitrogen and oxygen atoms in total. The highest BCUT2D eigenvalue weighted by atomic mass is 19.4. The first kappa shape index (κ1) is 13.6. The predicted molar refractivity (Wildman–Crippen MR) is 52.0 cm³/mol. The van der Waals surface area contributed by atoms with Crippen LogP contribution in [0.1, 0.15) is 26.3 Å². The molecule has 0 aromatic heterocycles. The molecule has 0 spiro atoms. The Morgan fingerprint density at radius 2 is 1.94 bits per heavy atom. The van der Waals surface area contributed by atoms with Gasteiger partial charge < -0.3 is 5.73 Å². The van der Waals surface area contributed by atoms with Gasteiger partial charge in [0.2, 0.25) is 0 Å². The average molecular weight is 262 g/mol. The van der Waals surface area contributed by atoms with Crippen molar-refractivity contribution in [3.63, 3.8) is 0 Å². The molecule has 2 N–H and O–H groups in total. The Bertz CT molecular complexity index is 539. The van der Waals surface area contributed by atoms with Gasteiger partial charge in [0.1, 0.15) is 17.4 Å². The quantitative estimate of drug-likeness (QED) is 0.506. The maximum Gasteiger partial charge on any atom is 0.423 e. The van der Waals surface area contributed by atoms with Gasteiger partial charge in [-0.3, -0.25) is 19.7 Å². The third-order valence-corrected chi connectivity index (χ3v) is 2.02. The van der Waals surface area contributed by atoms with Crippen LogP contribution in [0.2, 0.25) is 0 Å². The fourth-order valence-corrected chi connectivity index (χ4v) is 1.33. The predicted octanol–water partition coefficient (Wildman–Crippen LogP) is 1.52. The molecule has 0 aliphatic rings. The Labute approximate surface area is 97.3 Å². The molecule has 0 saturated heterocycles. The number of alkyl halides is 3. The summed E-state index contributed by atoms with van der Waals surface area (Å²) in [6.07, 6.45) is -5.04. The van der Waals surface area contributed by atoms with E-state index in [9.17, 15) is 32.9 Å². The molecule has 0 heterocycles. The highest BCUT2D eigenvalue weighted by Crippen LogP contribution is 2.38. The molecule has 1 rings (SSSR count). The minimum absolute atomic E-state index is 0.0331. The number of nitrogens with two attached hydrogens (primary N) is 1. The van der Waals surface area contributed by atoms with Gasteiger partial charge in [-0.05, 0) is 12.1 Å². The Hall–Kier alpha value is -2.45. The van der Waals surface area contributed by atoms with Crippen LogP contribution in [0.3, 0.4) is 0 Å². The summed E-state index contributed by atoms with van der Waals surface area (Å²) < 4.78 is 37.8. The van der Waals surface area contributed by atoms with Crippen molar-refractivity contribution in [3.05, 3.63) is 38.9 Å². The number of aldehydes is 1. The summed E-state index contributed by atoms with van der Waals surface area (Å²) in [5.41, 5.74) is 0.127. The Morgan fingerprint density at radius 1 is 1.39 bits per heavy atom. The van der Waals surface area contributed by atoms with E-state index < -0.39 is 39.4 Å². The van der Waals surface area contributed by atoms with Gasteiger partial charge in [-0.15, -0.1) is 0 Å². The molecule has 0 saturated carbocycles. The van der Waals surface area contributed by atoms with Crippen molar-refractivity contribution < 1.29 is 27.7 Å². The van der Waals surface area contributed by atoms with E-state index in [1.54, 1.807) is 0 Å². The highest BCUT2D eigenvalue weighted by Gasteiger charge is 2.41. The summed E-state index contributed by atoms with van der Waals surface area (Å²) in [6, 6.07) is 0.931. The van der Waals surface area contributed by atoms with Crippen molar-refractivity contribution in [2.45, 2.75) is 6.18 Å². The van der Waals surface area contributed by atoms with Crippen molar-refractivity contribution in [2.75, 3.05) is 0 Å². The molecular weight excluding hydrogens is 257 g/mol. The lowest BCUT2D eigenvalue weighted by atomic mass is 10.0. The summed E-state index contributed by atoms with van der Waals surface area (Å²) >= 11 is 0. The molecule has 18 heavy (non-hydrogen) atoms. The Morgan fingerprint density at radius 3 is 2.28 bits per heavy atom. The summed E-state index contributed by atoms with van der Waals surface area (Å²) in [5, 5.41) is 10.6. The van der Waals surface area contributed by atoms with Gasteiger partial charge in [0.25, 0.3) is 11.6 Å². The zero-order valence-corrected chi connectivity index (χ0v) is 8.52. The van der Waals surface area contributed by atoms with E-state index in [2.05, 4.69) is 0 Å². The summed E-state index contributed by atoms with van der Waals surface area (Å²) in [4.78, 5) is 30.6.